The molecule has 0 unspecified atom stereocenters. The van der Waals surface area contributed by atoms with Gasteiger partial charge in [-0.3, -0.25) is 0 Å². The van der Waals surface area contributed by atoms with E-state index in [1.807, 2.05) is 63.6 Å². The Hall–Kier alpha value is -2.77. The number of amides is 1. The van der Waals surface area contributed by atoms with Gasteiger partial charge in [-0.2, -0.15) is 13.2 Å². The molecule has 1 fully saturated rings. The van der Waals surface area contributed by atoms with Crippen LogP contribution in [0.5, 0.6) is 0 Å². The van der Waals surface area contributed by atoms with Crippen LogP contribution in [0, 0.1) is 0 Å². The molecule has 1 aliphatic rings. The van der Waals surface area contributed by atoms with E-state index in [1.165, 1.54) is 11.8 Å². The quantitative estimate of drug-likeness (QED) is 0.139. The Bertz CT molecular complexity index is 1510. The van der Waals surface area contributed by atoms with Crippen LogP contribution in [-0.2, 0) is 22.4 Å². The summed E-state index contributed by atoms with van der Waals surface area (Å²) in [6.07, 6.45) is 0.727. The van der Waals surface area contributed by atoms with E-state index < -0.39 is 37.0 Å². The second-order valence-electron chi connectivity index (χ2n) is 14.5. The third-order valence-electron chi connectivity index (χ3n) is 7.84. The lowest BCUT2D eigenvalue weighted by atomic mass is 9.88. The van der Waals surface area contributed by atoms with Gasteiger partial charge in [0.1, 0.15) is 17.9 Å². The predicted octanol–water partition coefficient (Wildman–Crippen LogP) is 8.74. The third kappa shape index (κ3) is 8.73. The molecule has 248 valence electrons. The fraction of sp³-hybridized carbons (Fsp3) is 0.594. The average molecular weight is 666 g/mol. The summed E-state index contributed by atoms with van der Waals surface area (Å²) in [5.74, 6) is 0.0696. The van der Waals surface area contributed by atoms with Crippen molar-refractivity contribution < 1.29 is 27.4 Å². The van der Waals surface area contributed by atoms with Gasteiger partial charge in [0, 0.05) is 61.0 Å². The number of ether oxygens (including phenoxy) is 2. The fourth-order valence-electron chi connectivity index (χ4n) is 5.35. The lowest BCUT2D eigenvalue weighted by Gasteiger charge is -2.45. The van der Waals surface area contributed by atoms with Crippen molar-refractivity contribution in [2.45, 2.75) is 108 Å². The molecule has 1 amide bonds. The van der Waals surface area contributed by atoms with Crippen LogP contribution in [0.25, 0.3) is 22.2 Å². The molecule has 3 heterocycles. The number of aromatic nitrogens is 3. The molecule has 0 saturated carbocycles. The smallest absolute Gasteiger partial charge is 0.419 e. The van der Waals surface area contributed by atoms with Gasteiger partial charge < -0.3 is 24.3 Å². The van der Waals surface area contributed by atoms with Crippen molar-refractivity contribution in [1.82, 2.24) is 19.4 Å². The monoisotopic (exact) mass is 665 g/mol. The molecule has 3 aromatic rings. The van der Waals surface area contributed by atoms with Crippen LogP contribution in [0.2, 0.25) is 25.7 Å². The average Bonchev–Trinajstić information content (AvgIpc) is 3.28. The molecule has 1 atom stereocenters. The SMILES string of the molecule is CSc1cccc2c(-c3nc(N[C@H]4CCC(C)(C)N(C(=O)OC(C)(C)C)C4)ncc3C(F)(F)F)cn(COCC[Si](C)(C)C)c12. The normalized spacial score (nSPS) is 17.5. The van der Waals surface area contributed by atoms with Gasteiger partial charge in [-0.05, 0) is 65.8 Å². The zero-order valence-corrected chi connectivity index (χ0v) is 29.6. The number of thioether (sulfide) groups is 1. The first kappa shape index (κ1) is 35.1. The predicted molar refractivity (Wildman–Crippen MR) is 178 cm³/mol. The minimum atomic E-state index is -4.67. The second-order valence-corrected chi connectivity index (χ2v) is 20.9. The number of anilines is 1. The number of nitrogens with one attached hydrogen (secondary N) is 1. The molecule has 45 heavy (non-hydrogen) atoms. The van der Waals surface area contributed by atoms with E-state index >= 15 is 0 Å². The van der Waals surface area contributed by atoms with Crippen LogP contribution in [-0.4, -0.2) is 70.2 Å². The fourth-order valence-corrected chi connectivity index (χ4v) is 6.74. The first-order chi connectivity index (χ1) is 20.8. The molecule has 0 spiro atoms. The number of benzene rings is 1. The zero-order valence-electron chi connectivity index (χ0n) is 27.8. The maximum atomic E-state index is 14.4. The number of nitrogens with zero attached hydrogens (tertiary/aromatic N) is 4. The van der Waals surface area contributed by atoms with Crippen LogP contribution in [0.3, 0.4) is 0 Å². The first-order valence-electron chi connectivity index (χ1n) is 15.2. The molecule has 0 bridgehead atoms. The number of carbonyl (C=O) groups is 1. The summed E-state index contributed by atoms with van der Waals surface area (Å²) in [5, 5.41) is 3.87. The molecule has 2 aromatic heterocycles. The van der Waals surface area contributed by atoms with Crippen LogP contribution in [0.4, 0.5) is 23.9 Å². The van der Waals surface area contributed by atoms with Crippen molar-refractivity contribution in [2.75, 3.05) is 24.7 Å². The molecular formula is C32H46F3N5O3SSi. The Balaban J connectivity index is 1.70. The van der Waals surface area contributed by atoms with Gasteiger partial charge in [0.2, 0.25) is 5.95 Å². The van der Waals surface area contributed by atoms with Gasteiger partial charge in [0.25, 0.3) is 0 Å². The summed E-state index contributed by atoms with van der Waals surface area (Å²) in [4.78, 5) is 24.2. The van der Waals surface area contributed by atoms with Crippen LogP contribution >= 0.6 is 11.8 Å². The van der Waals surface area contributed by atoms with E-state index in [9.17, 15) is 18.0 Å². The maximum absolute atomic E-state index is 14.4. The largest absolute Gasteiger partial charge is 0.444 e. The number of likely N-dealkylation sites (tertiary alicyclic amines) is 1. The lowest BCUT2D eigenvalue weighted by Crippen LogP contribution is -2.57. The van der Waals surface area contributed by atoms with Crippen LogP contribution < -0.4 is 5.32 Å². The number of piperidine rings is 1. The highest BCUT2D eigenvalue weighted by molar-refractivity contribution is 7.98. The van der Waals surface area contributed by atoms with Gasteiger partial charge in [0.05, 0.1) is 11.2 Å². The number of hydrogen-bond donors (Lipinski definition) is 1. The van der Waals surface area contributed by atoms with E-state index in [4.69, 9.17) is 9.47 Å². The van der Waals surface area contributed by atoms with Crippen molar-refractivity contribution in [3.05, 3.63) is 36.2 Å². The molecule has 1 aliphatic heterocycles. The van der Waals surface area contributed by atoms with Gasteiger partial charge in [-0.1, -0.05) is 31.8 Å². The zero-order chi connectivity index (χ0) is 33.4. The number of para-hydroxylation sites is 1. The Morgan fingerprint density at radius 3 is 2.53 bits per heavy atom. The molecule has 8 nitrogen and oxygen atoms in total. The molecule has 13 heteroatoms. The summed E-state index contributed by atoms with van der Waals surface area (Å²) in [6, 6.07) is 6.32. The standard InChI is InChI=1S/C32H46F3N5O3SSi/c1-30(2,3)43-29(41)40-18-21(13-14-31(40,4)5)37-28-36-17-24(32(33,34)35)26(38-28)23-19-39(20-42-15-16-45(7,8)9)27-22(23)11-10-12-25(27)44-6/h10-12,17,19,21H,13-16,18,20H2,1-9H3,(H,36,37,38)/t21-/m0/s1. The maximum Gasteiger partial charge on any atom is 0.419 e. The summed E-state index contributed by atoms with van der Waals surface area (Å²) < 4.78 is 56.8. The van der Waals surface area contributed by atoms with E-state index in [0.717, 1.165) is 22.7 Å². The minimum Gasteiger partial charge on any atom is -0.444 e. The van der Waals surface area contributed by atoms with E-state index in [1.54, 1.807) is 11.1 Å². The Labute approximate surface area is 269 Å². The van der Waals surface area contributed by atoms with E-state index in [0.29, 0.717) is 36.9 Å². The number of carbonyl (C=O) groups excluding carboxylic acids is 1. The molecule has 0 radical (unpaired) electrons. The number of hydrogen-bond acceptors (Lipinski definition) is 7. The molecule has 1 saturated heterocycles. The number of fused-ring (bicyclic) bond motifs is 1. The topological polar surface area (TPSA) is 81.5 Å². The highest BCUT2D eigenvalue weighted by atomic mass is 32.2. The Morgan fingerprint density at radius 1 is 1.20 bits per heavy atom. The van der Waals surface area contributed by atoms with Crippen molar-refractivity contribution in [1.29, 1.82) is 0 Å². The van der Waals surface area contributed by atoms with Gasteiger partial charge in [0.15, 0.2) is 0 Å². The number of halogens is 3. The Kier molecular flexibility index (Phi) is 10.3. The summed E-state index contributed by atoms with van der Waals surface area (Å²) >= 11 is 1.53. The highest BCUT2D eigenvalue weighted by Gasteiger charge is 2.40. The number of alkyl halides is 3. The first-order valence-corrected chi connectivity index (χ1v) is 20.2. The van der Waals surface area contributed by atoms with Crippen molar-refractivity contribution in [3.63, 3.8) is 0 Å². The van der Waals surface area contributed by atoms with Crippen LogP contribution in [0.15, 0.2) is 35.5 Å². The molecule has 4 rings (SSSR count). The second kappa shape index (κ2) is 13.1. The summed E-state index contributed by atoms with van der Waals surface area (Å²) in [6.45, 7) is 17.3. The minimum absolute atomic E-state index is 0.0696. The van der Waals surface area contributed by atoms with Gasteiger partial charge in [-0.15, -0.1) is 11.8 Å². The highest BCUT2D eigenvalue weighted by Crippen LogP contribution is 2.41. The van der Waals surface area contributed by atoms with E-state index in [-0.39, 0.29) is 24.4 Å². The molecule has 1 aromatic carbocycles. The van der Waals surface area contributed by atoms with Crippen molar-refractivity contribution in [3.8, 4) is 11.3 Å². The summed E-state index contributed by atoms with van der Waals surface area (Å²) in [5.41, 5.74) is -1.07. The van der Waals surface area contributed by atoms with Gasteiger partial charge in [-0.25, -0.2) is 14.8 Å². The molecular weight excluding hydrogens is 620 g/mol. The van der Waals surface area contributed by atoms with Crippen molar-refractivity contribution in [2.24, 2.45) is 0 Å². The van der Waals surface area contributed by atoms with E-state index in [2.05, 4.69) is 34.9 Å². The molecule has 1 N–H and O–H groups in total. The number of rotatable bonds is 9. The Morgan fingerprint density at radius 2 is 1.91 bits per heavy atom. The third-order valence-corrected chi connectivity index (χ3v) is 10.3. The van der Waals surface area contributed by atoms with Crippen molar-refractivity contribution >= 4 is 42.8 Å². The summed E-state index contributed by atoms with van der Waals surface area (Å²) in [7, 11) is -1.31. The van der Waals surface area contributed by atoms with Gasteiger partial charge >= 0.3 is 12.3 Å². The molecule has 0 aliphatic carbocycles. The van der Waals surface area contributed by atoms with Crippen LogP contribution in [0.1, 0.15) is 53.0 Å². The lowest BCUT2D eigenvalue weighted by molar-refractivity contribution is -0.137.